The van der Waals surface area contributed by atoms with Gasteiger partial charge in [0.25, 0.3) is 0 Å². The predicted octanol–water partition coefficient (Wildman–Crippen LogP) is 2.31. The fourth-order valence-corrected chi connectivity index (χ4v) is 4.45. The molecule has 6 heteroatoms. The van der Waals surface area contributed by atoms with Crippen molar-refractivity contribution < 1.29 is 8.42 Å². The number of aryl methyl sites for hydroxylation is 2. The molecule has 0 amide bonds. The Bertz CT molecular complexity index is 542. The average Bonchev–Trinajstić information content (AvgIpc) is 2.33. The summed E-state index contributed by atoms with van der Waals surface area (Å²) in [5.74, 6) is 0.750. The Morgan fingerprint density at radius 3 is 2.42 bits per heavy atom. The molecule has 1 unspecified atom stereocenters. The van der Waals surface area contributed by atoms with Crippen LogP contribution in [0.15, 0.2) is 17.0 Å². The summed E-state index contributed by atoms with van der Waals surface area (Å²) in [6, 6.07) is 3.55. The summed E-state index contributed by atoms with van der Waals surface area (Å²) < 4.78 is 27.7. The number of sulfonamides is 1. The predicted molar refractivity (Wildman–Crippen MR) is 83.1 cm³/mol. The van der Waals surface area contributed by atoms with Crippen LogP contribution in [0.2, 0.25) is 0 Å². The summed E-state index contributed by atoms with van der Waals surface area (Å²) in [6.07, 6.45) is 2.72. The monoisotopic (exact) mass is 302 g/mol. The van der Waals surface area contributed by atoms with Crippen LogP contribution in [0.4, 0.5) is 5.69 Å². The van der Waals surface area contributed by atoms with Gasteiger partial charge in [-0.25, -0.2) is 13.1 Å². The largest absolute Gasteiger partial charge is 0.397 e. The number of nitrogens with one attached hydrogen (secondary N) is 1. The first-order chi connectivity index (χ1) is 8.83. The lowest BCUT2D eigenvalue weighted by molar-refractivity contribution is 0.558. The molecule has 0 aromatic heterocycles. The maximum Gasteiger partial charge on any atom is 0.243 e. The van der Waals surface area contributed by atoms with Gasteiger partial charge in [0.2, 0.25) is 10.0 Å². The van der Waals surface area contributed by atoms with Crippen molar-refractivity contribution in [3.63, 3.8) is 0 Å². The van der Waals surface area contributed by atoms with Crippen LogP contribution in [-0.4, -0.2) is 26.5 Å². The second kappa shape index (κ2) is 6.63. The van der Waals surface area contributed by atoms with Gasteiger partial charge in [-0.05, 0) is 37.7 Å². The van der Waals surface area contributed by atoms with Crippen LogP contribution >= 0.6 is 11.8 Å². The third kappa shape index (κ3) is 3.87. The molecule has 1 atom stereocenters. The number of hydrogen-bond donors (Lipinski definition) is 2. The summed E-state index contributed by atoms with van der Waals surface area (Å²) >= 11 is 1.62. The summed E-state index contributed by atoms with van der Waals surface area (Å²) in [4.78, 5) is 0.215. The van der Waals surface area contributed by atoms with Crippen LogP contribution in [0.3, 0.4) is 0 Å². The molecule has 1 rings (SSSR count). The lowest BCUT2D eigenvalue weighted by Crippen LogP contribution is -2.36. The normalized spacial score (nSPS) is 13.5. The van der Waals surface area contributed by atoms with Crippen molar-refractivity contribution in [3.8, 4) is 0 Å². The highest BCUT2D eigenvalue weighted by atomic mass is 32.2. The molecule has 0 aliphatic carbocycles. The van der Waals surface area contributed by atoms with Crippen molar-refractivity contribution in [1.82, 2.24) is 4.72 Å². The summed E-state index contributed by atoms with van der Waals surface area (Å²) in [7, 11) is -3.57. The number of nitrogens with two attached hydrogens (primary N) is 1. The van der Waals surface area contributed by atoms with E-state index in [2.05, 4.69) is 4.72 Å². The van der Waals surface area contributed by atoms with Gasteiger partial charge in [-0.15, -0.1) is 0 Å². The van der Waals surface area contributed by atoms with E-state index in [9.17, 15) is 8.42 Å². The summed E-state index contributed by atoms with van der Waals surface area (Å²) in [5, 5.41) is 0. The smallest absolute Gasteiger partial charge is 0.243 e. The van der Waals surface area contributed by atoms with Crippen molar-refractivity contribution in [2.24, 2.45) is 0 Å². The molecular weight excluding hydrogens is 280 g/mol. The van der Waals surface area contributed by atoms with Crippen molar-refractivity contribution >= 4 is 27.5 Å². The van der Waals surface area contributed by atoms with Crippen molar-refractivity contribution in [2.75, 3.05) is 17.7 Å². The van der Waals surface area contributed by atoms with Crippen LogP contribution in [0, 0.1) is 13.8 Å². The second-order valence-corrected chi connectivity index (χ2v) is 7.19. The van der Waals surface area contributed by atoms with Gasteiger partial charge >= 0.3 is 0 Å². The van der Waals surface area contributed by atoms with E-state index in [1.165, 1.54) is 0 Å². The van der Waals surface area contributed by atoms with Crippen LogP contribution in [-0.2, 0) is 10.0 Å². The van der Waals surface area contributed by atoms with Crippen molar-refractivity contribution in [3.05, 3.63) is 23.3 Å². The molecule has 0 aliphatic heterocycles. The fourth-order valence-electron chi connectivity index (χ4n) is 1.88. The van der Waals surface area contributed by atoms with Crippen LogP contribution in [0.1, 0.15) is 24.5 Å². The molecule has 0 heterocycles. The molecule has 1 aromatic carbocycles. The van der Waals surface area contributed by atoms with Gasteiger partial charge in [-0.1, -0.05) is 19.1 Å². The summed E-state index contributed by atoms with van der Waals surface area (Å²) in [5.41, 5.74) is 7.73. The maximum absolute atomic E-state index is 12.5. The molecule has 3 N–H and O–H groups in total. The van der Waals surface area contributed by atoms with Crippen molar-refractivity contribution in [2.45, 2.75) is 38.1 Å². The molecule has 0 bridgehead atoms. The lowest BCUT2D eigenvalue weighted by Gasteiger charge is -2.18. The number of anilines is 1. The maximum atomic E-state index is 12.5. The highest BCUT2D eigenvalue weighted by molar-refractivity contribution is 7.98. The molecule has 108 valence electrons. The van der Waals surface area contributed by atoms with Gasteiger partial charge in [-0.3, -0.25) is 0 Å². The topological polar surface area (TPSA) is 72.2 Å². The van der Waals surface area contributed by atoms with E-state index in [0.29, 0.717) is 11.3 Å². The highest BCUT2D eigenvalue weighted by Gasteiger charge is 2.23. The third-order valence-corrected chi connectivity index (χ3v) is 5.52. The zero-order chi connectivity index (χ0) is 14.6. The fraction of sp³-hybridized carbons (Fsp3) is 0.538. The zero-order valence-corrected chi connectivity index (χ0v) is 13.5. The Labute approximate surface area is 120 Å². The van der Waals surface area contributed by atoms with Crippen LogP contribution in [0.5, 0.6) is 0 Å². The van der Waals surface area contributed by atoms with E-state index < -0.39 is 10.0 Å². The molecule has 19 heavy (non-hydrogen) atoms. The molecule has 4 nitrogen and oxygen atoms in total. The minimum absolute atomic E-state index is 0.0701. The van der Waals surface area contributed by atoms with Gasteiger partial charge < -0.3 is 5.73 Å². The first-order valence-electron chi connectivity index (χ1n) is 6.20. The van der Waals surface area contributed by atoms with E-state index in [4.69, 9.17) is 5.73 Å². The Hall–Kier alpha value is -0.720. The second-order valence-electron chi connectivity index (χ2n) is 4.62. The number of thioether (sulfide) groups is 1. The van der Waals surface area contributed by atoms with Gasteiger partial charge in [0.1, 0.15) is 4.90 Å². The minimum Gasteiger partial charge on any atom is -0.397 e. The number of rotatable bonds is 6. The molecule has 0 fully saturated rings. The molecule has 0 spiro atoms. The SMILES string of the molecule is CCC(CSC)NS(=O)(=O)c1c(C)ccc(C)c1N. The molecule has 0 aliphatic rings. The Morgan fingerprint density at radius 2 is 1.89 bits per heavy atom. The molecule has 0 radical (unpaired) electrons. The molecule has 1 aromatic rings. The third-order valence-electron chi connectivity index (χ3n) is 3.06. The molecule has 0 saturated carbocycles. The minimum atomic E-state index is -3.57. The van der Waals surface area contributed by atoms with E-state index in [1.807, 2.05) is 26.2 Å². The van der Waals surface area contributed by atoms with Gasteiger partial charge in [0.15, 0.2) is 0 Å². The lowest BCUT2D eigenvalue weighted by atomic mass is 10.1. The van der Waals surface area contributed by atoms with Crippen LogP contribution < -0.4 is 10.5 Å². The first-order valence-corrected chi connectivity index (χ1v) is 9.08. The Morgan fingerprint density at radius 1 is 1.32 bits per heavy atom. The molecular formula is C13H22N2O2S2. The standard InChI is InChI=1S/C13H22N2O2S2/c1-5-11(8-18-4)15-19(16,17)13-10(3)7-6-9(2)12(13)14/h6-7,11,15H,5,8,14H2,1-4H3. The van der Waals surface area contributed by atoms with E-state index >= 15 is 0 Å². The molecule has 0 saturated heterocycles. The quantitative estimate of drug-likeness (QED) is 0.791. The van der Waals surface area contributed by atoms with E-state index in [0.717, 1.165) is 17.7 Å². The zero-order valence-electron chi connectivity index (χ0n) is 11.9. The number of hydrogen-bond acceptors (Lipinski definition) is 4. The highest BCUT2D eigenvalue weighted by Crippen LogP contribution is 2.26. The van der Waals surface area contributed by atoms with Gasteiger partial charge in [0, 0.05) is 11.8 Å². The van der Waals surface area contributed by atoms with Crippen molar-refractivity contribution in [1.29, 1.82) is 0 Å². The average molecular weight is 302 g/mol. The number of benzene rings is 1. The van der Waals surface area contributed by atoms with E-state index in [1.54, 1.807) is 24.8 Å². The van der Waals surface area contributed by atoms with Crippen LogP contribution in [0.25, 0.3) is 0 Å². The van der Waals surface area contributed by atoms with Gasteiger partial charge in [-0.2, -0.15) is 11.8 Å². The van der Waals surface area contributed by atoms with Gasteiger partial charge in [0.05, 0.1) is 5.69 Å². The Balaban J connectivity index is 3.17. The Kier molecular flexibility index (Phi) is 5.70. The summed E-state index contributed by atoms with van der Waals surface area (Å²) in [6.45, 7) is 5.54. The first kappa shape index (κ1) is 16.3. The number of nitrogen functional groups attached to an aromatic ring is 1. The van der Waals surface area contributed by atoms with E-state index in [-0.39, 0.29) is 10.9 Å².